The monoisotopic (exact) mass is 528 g/mol. The smallest absolute Gasteiger partial charge is 0.00206 e. The van der Waals surface area contributed by atoms with Crippen LogP contribution in [0.4, 0.5) is 0 Å². The summed E-state index contributed by atoms with van der Waals surface area (Å²) >= 11 is 0. The fraction of sp³-hybridized carbons (Fsp3) is 0. The normalized spacial score (nSPS) is 12.3. The van der Waals surface area contributed by atoms with E-state index in [1.54, 1.807) is 0 Å². The van der Waals surface area contributed by atoms with Crippen molar-refractivity contribution in [1.82, 2.24) is 0 Å². The third-order valence-electron chi connectivity index (χ3n) is 9.52. The van der Waals surface area contributed by atoms with Crippen LogP contribution in [0.3, 0.4) is 0 Å². The molecule has 0 unspecified atom stereocenters. The number of fused-ring (bicyclic) bond motifs is 4. The van der Waals surface area contributed by atoms with Crippen molar-refractivity contribution >= 4 is 53.9 Å². The first-order valence-electron chi connectivity index (χ1n) is 14.7. The van der Waals surface area contributed by atoms with Crippen molar-refractivity contribution in [2.75, 3.05) is 0 Å². The Kier molecular flexibility index (Phi) is 4.27. The fourth-order valence-corrected chi connectivity index (χ4v) is 7.55. The quantitative estimate of drug-likeness (QED) is 0.196. The van der Waals surface area contributed by atoms with Gasteiger partial charge in [-0.3, -0.25) is 0 Å². The maximum atomic E-state index is 2.38. The van der Waals surface area contributed by atoms with E-state index >= 15 is 0 Å². The second-order valence-corrected chi connectivity index (χ2v) is 11.7. The molecule has 0 N–H and O–H groups in total. The second-order valence-electron chi connectivity index (χ2n) is 11.7. The molecule has 192 valence electrons. The first-order valence-corrected chi connectivity index (χ1v) is 14.7. The zero-order valence-electron chi connectivity index (χ0n) is 22.9. The summed E-state index contributed by atoms with van der Waals surface area (Å²) in [4.78, 5) is 0. The van der Waals surface area contributed by atoms with E-state index in [9.17, 15) is 0 Å². The van der Waals surface area contributed by atoms with Gasteiger partial charge in [0.05, 0.1) is 0 Å². The van der Waals surface area contributed by atoms with Gasteiger partial charge in [-0.25, -0.2) is 0 Å². The Morgan fingerprint density at radius 3 is 1.57 bits per heavy atom. The Bertz CT molecular complexity index is 2540. The van der Waals surface area contributed by atoms with Gasteiger partial charge in [0.15, 0.2) is 0 Å². The lowest BCUT2D eigenvalue weighted by Crippen LogP contribution is -1.87. The highest BCUT2D eigenvalue weighted by molar-refractivity contribution is 6.25. The summed E-state index contributed by atoms with van der Waals surface area (Å²) in [5.41, 5.74) is 10.4. The molecule has 0 atom stereocenters. The van der Waals surface area contributed by atoms with E-state index in [4.69, 9.17) is 0 Å². The van der Waals surface area contributed by atoms with Gasteiger partial charge in [0.1, 0.15) is 0 Å². The summed E-state index contributed by atoms with van der Waals surface area (Å²) in [6, 6.07) is 54.4. The van der Waals surface area contributed by atoms with Crippen LogP contribution in [0.5, 0.6) is 0 Å². The van der Waals surface area contributed by atoms with Crippen molar-refractivity contribution in [3.63, 3.8) is 0 Å². The molecule has 0 saturated heterocycles. The number of hydrogen-bond donors (Lipinski definition) is 0. The highest BCUT2D eigenvalue weighted by Gasteiger charge is 2.21. The Morgan fingerprint density at radius 2 is 0.762 bits per heavy atom. The van der Waals surface area contributed by atoms with E-state index in [-0.39, 0.29) is 0 Å². The summed E-state index contributed by atoms with van der Waals surface area (Å²) < 4.78 is 0. The van der Waals surface area contributed by atoms with Crippen LogP contribution in [-0.4, -0.2) is 0 Å². The van der Waals surface area contributed by atoms with Crippen LogP contribution < -0.4 is 0 Å². The van der Waals surface area contributed by atoms with Crippen LogP contribution in [-0.2, 0) is 0 Å². The lowest BCUT2D eigenvalue weighted by atomic mass is 9.89. The molecule has 0 saturated carbocycles. The highest BCUT2D eigenvalue weighted by Crippen LogP contribution is 2.48. The molecule has 9 aromatic rings. The third kappa shape index (κ3) is 2.96. The molecular formula is C42H24. The Labute approximate surface area is 243 Å². The van der Waals surface area contributed by atoms with Gasteiger partial charge in [0.25, 0.3) is 0 Å². The van der Waals surface area contributed by atoms with Crippen LogP contribution in [0.25, 0.3) is 98.4 Å². The number of rotatable bonds is 2. The molecule has 1 aliphatic rings. The molecule has 42 heavy (non-hydrogen) atoms. The largest absolute Gasteiger partial charge is 0.0610 e. The first kappa shape index (κ1) is 22.3. The third-order valence-corrected chi connectivity index (χ3v) is 9.52. The molecule has 0 aliphatic heterocycles. The van der Waals surface area contributed by atoms with Gasteiger partial charge in [-0.2, -0.15) is 0 Å². The molecule has 0 heteroatoms. The molecule has 0 spiro atoms. The first-order chi connectivity index (χ1) is 20.8. The van der Waals surface area contributed by atoms with Crippen LogP contribution in [0.1, 0.15) is 0 Å². The van der Waals surface area contributed by atoms with Crippen molar-refractivity contribution < 1.29 is 0 Å². The van der Waals surface area contributed by atoms with Crippen molar-refractivity contribution in [1.29, 1.82) is 0 Å². The summed E-state index contributed by atoms with van der Waals surface area (Å²) in [6.45, 7) is 0. The molecular weight excluding hydrogens is 504 g/mol. The molecule has 1 aliphatic carbocycles. The van der Waals surface area contributed by atoms with E-state index in [0.29, 0.717) is 0 Å². The lowest BCUT2D eigenvalue weighted by Gasteiger charge is -2.15. The van der Waals surface area contributed by atoms with Gasteiger partial charge in [0.2, 0.25) is 0 Å². The maximum Gasteiger partial charge on any atom is -0.00206 e. The SMILES string of the molecule is c1cc2c3c(cccc3c1)-c1cc(-c3ccc4ccc(-c5ccc6ccc7cccc8ccc5c6c78)cc4c3)ccc1-2. The fourth-order valence-electron chi connectivity index (χ4n) is 7.55. The molecule has 0 fully saturated rings. The van der Waals surface area contributed by atoms with E-state index in [1.165, 1.54) is 98.4 Å². The summed E-state index contributed by atoms with van der Waals surface area (Å²) in [6.07, 6.45) is 0. The van der Waals surface area contributed by atoms with Crippen molar-refractivity contribution in [3.05, 3.63) is 146 Å². The number of benzene rings is 9. The van der Waals surface area contributed by atoms with Crippen LogP contribution in [0.2, 0.25) is 0 Å². The molecule has 0 nitrogen and oxygen atoms in total. The van der Waals surface area contributed by atoms with Gasteiger partial charge in [-0.15, -0.1) is 0 Å². The van der Waals surface area contributed by atoms with Gasteiger partial charge in [0, 0.05) is 0 Å². The minimum atomic E-state index is 1.25. The van der Waals surface area contributed by atoms with E-state index in [2.05, 4.69) is 146 Å². The molecule has 0 radical (unpaired) electrons. The molecule has 9 aromatic carbocycles. The average molecular weight is 529 g/mol. The molecule has 0 aromatic heterocycles. The zero-order valence-corrected chi connectivity index (χ0v) is 22.9. The molecule has 0 heterocycles. The second kappa shape index (κ2) is 8.06. The summed E-state index contributed by atoms with van der Waals surface area (Å²) in [5, 5.41) is 13.2. The maximum absolute atomic E-state index is 2.38. The minimum absolute atomic E-state index is 1.25. The topological polar surface area (TPSA) is 0 Å². The lowest BCUT2D eigenvalue weighted by molar-refractivity contribution is 1.63. The van der Waals surface area contributed by atoms with Gasteiger partial charge < -0.3 is 0 Å². The van der Waals surface area contributed by atoms with E-state index < -0.39 is 0 Å². The van der Waals surface area contributed by atoms with Crippen molar-refractivity contribution in [3.8, 4) is 44.5 Å². The molecule has 10 rings (SSSR count). The van der Waals surface area contributed by atoms with Gasteiger partial charge >= 0.3 is 0 Å². The Balaban J connectivity index is 1.13. The van der Waals surface area contributed by atoms with Crippen LogP contribution in [0.15, 0.2) is 146 Å². The zero-order chi connectivity index (χ0) is 27.4. The number of hydrogen-bond acceptors (Lipinski definition) is 0. The van der Waals surface area contributed by atoms with E-state index in [0.717, 1.165) is 0 Å². The minimum Gasteiger partial charge on any atom is -0.0610 e. The van der Waals surface area contributed by atoms with Crippen molar-refractivity contribution in [2.45, 2.75) is 0 Å². The summed E-state index contributed by atoms with van der Waals surface area (Å²) in [5.74, 6) is 0. The standard InChI is InChI=1S/C42H24/c1-4-27-12-13-29-16-19-34(38-21-17-28(5-1)40(27)42(29)38)32-15-11-25-10-14-30(22-33(25)23-32)31-18-20-35-36-8-2-6-26-7-3-9-37(41(26)36)39(35)24-31/h1-24H. The van der Waals surface area contributed by atoms with Gasteiger partial charge in [-0.05, 0) is 117 Å². The highest BCUT2D eigenvalue weighted by atomic mass is 14.2. The molecule has 0 bridgehead atoms. The predicted octanol–water partition coefficient (Wildman–Crippen LogP) is 11.9. The van der Waals surface area contributed by atoms with Crippen LogP contribution >= 0.6 is 0 Å². The summed E-state index contributed by atoms with van der Waals surface area (Å²) in [7, 11) is 0. The molecule has 0 amide bonds. The Hall–Kier alpha value is -5.46. The predicted molar refractivity (Wildman–Crippen MR) is 180 cm³/mol. The average Bonchev–Trinajstić information content (AvgIpc) is 3.37. The Morgan fingerprint density at radius 1 is 0.238 bits per heavy atom. The van der Waals surface area contributed by atoms with E-state index in [1.807, 2.05) is 0 Å². The van der Waals surface area contributed by atoms with Crippen LogP contribution in [0, 0.1) is 0 Å². The van der Waals surface area contributed by atoms with Crippen molar-refractivity contribution in [2.24, 2.45) is 0 Å². The van der Waals surface area contributed by atoms with Gasteiger partial charge in [-0.1, -0.05) is 127 Å².